The van der Waals surface area contributed by atoms with Gasteiger partial charge in [0.1, 0.15) is 5.82 Å². The number of pyridine rings is 1. The Hall–Kier alpha value is -1.13. The minimum atomic E-state index is 0.273. The lowest BCUT2D eigenvalue weighted by Gasteiger charge is -2.39. The van der Waals surface area contributed by atoms with Crippen LogP contribution in [0.2, 0.25) is 0 Å². The van der Waals surface area contributed by atoms with Crippen LogP contribution in [0.3, 0.4) is 0 Å². The largest absolute Gasteiger partial charge is 0.375 e. The van der Waals surface area contributed by atoms with Gasteiger partial charge in [-0.3, -0.25) is 0 Å². The lowest BCUT2D eigenvalue weighted by molar-refractivity contribution is 0.0296. The third kappa shape index (κ3) is 3.25. The molecule has 4 heteroatoms. The summed E-state index contributed by atoms with van der Waals surface area (Å²) in [5, 5.41) is 3.27. The van der Waals surface area contributed by atoms with E-state index < -0.39 is 0 Å². The number of nitrogens with one attached hydrogen (secondary N) is 1. The number of morpholine rings is 1. The molecule has 1 saturated heterocycles. The molecule has 0 amide bonds. The molecule has 2 rings (SSSR count). The highest BCUT2D eigenvalue weighted by Crippen LogP contribution is 2.24. The lowest BCUT2D eigenvalue weighted by atomic mass is 10.1. The van der Waals surface area contributed by atoms with E-state index in [1.807, 2.05) is 13.2 Å². The third-order valence-corrected chi connectivity index (χ3v) is 3.94. The fraction of sp³-hybridized carbons (Fsp3) is 0.667. The average molecular weight is 263 g/mol. The normalized spacial score (nSPS) is 25.4. The van der Waals surface area contributed by atoms with Gasteiger partial charge in [0.25, 0.3) is 0 Å². The van der Waals surface area contributed by atoms with Gasteiger partial charge in [0.15, 0.2) is 0 Å². The van der Waals surface area contributed by atoms with Crippen molar-refractivity contribution in [3.8, 4) is 0 Å². The van der Waals surface area contributed by atoms with E-state index in [0.717, 1.165) is 25.4 Å². The maximum atomic E-state index is 5.75. The summed E-state index contributed by atoms with van der Waals surface area (Å²) < 4.78 is 5.75. The molecule has 0 aromatic carbocycles. The van der Waals surface area contributed by atoms with E-state index in [-0.39, 0.29) is 6.10 Å². The van der Waals surface area contributed by atoms with Crippen LogP contribution in [0, 0.1) is 0 Å². The summed E-state index contributed by atoms with van der Waals surface area (Å²) in [7, 11) is 1.98. The van der Waals surface area contributed by atoms with E-state index in [1.54, 1.807) is 0 Å². The van der Waals surface area contributed by atoms with Gasteiger partial charge in [-0.25, -0.2) is 4.98 Å². The molecule has 3 atom stereocenters. The van der Waals surface area contributed by atoms with E-state index in [2.05, 4.69) is 48.1 Å². The zero-order chi connectivity index (χ0) is 13.8. The van der Waals surface area contributed by atoms with Gasteiger partial charge in [-0.15, -0.1) is 0 Å². The maximum absolute atomic E-state index is 5.75. The highest BCUT2D eigenvalue weighted by atomic mass is 16.5. The zero-order valence-electron chi connectivity index (χ0n) is 12.4. The molecule has 0 radical (unpaired) electrons. The van der Waals surface area contributed by atoms with Crippen molar-refractivity contribution < 1.29 is 4.74 Å². The van der Waals surface area contributed by atoms with Crippen LogP contribution < -0.4 is 10.2 Å². The van der Waals surface area contributed by atoms with E-state index in [0.29, 0.717) is 12.1 Å². The highest BCUT2D eigenvalue weighted by molar-refractivity contribution is 5.43. The first kappa shape index (κ1) is 14.3. The van der Waals surface area contributed by atoms with Crippen molar-refractivity contribution in [2.24, 2.45) is 0 Å². The number of hydrogen-bond acceptors (Lipinski definition) is 4. The predicted molar refractivity (Wildman–Crippen MR) is 78.6 cm³/mol. The average Bonchev–Trinajstić information content (AvgIpc) is 2.46. The summed E-state index contributed by atoms with van der Waals surface area (Å²) in [5.41, 5.74) is 1.28. The Morgan fingerprint density at radius 2 is 2.37 bits per heavy atom. The van der Waals surface area contributed by atoms with Crippen molar-refractivity contribution in [3.63, 3.8) is 0 Å². The van der Waals surface area contributed by atoms with Crippen molar-refractivity contribution in [3.05, 3.63) is 23.9 Å². The molecule has 4 nitrogen and oxygen atoms in total. The van der Waals surface area contributed by atoms with Crippen LogP contribution in [0.1, 0.15) is 38.8 Å². The van der Waals surface area contributed by atoms with Gasteiger partial charge in [-0.2, -0.15) is 0 Å². The zero-order valence-corrected chi connectivity index (χ0v) is 12.4. The highest BCUT2D eigenvalue weighted by Gasteiger charge is 2.26. The van der Waals surface area contributed by atoms with Gasteiger partial charge >= 0.3 is 0 Å². The first-order valence-corrected chi connectivity index (χ1v) is 7.17. The topological polar surface area (TPSA) is 37.4 Å². The number of rotatable bonds is 4. The molecule has 1 aromatic heterocycles. The first-order valence-electron chi connectivity index (χ1n) is 7.17. The van der Waals surface area contributed by atoms with Gasteiger partial charge in [0, 0.05) is 18.8 Å². The Morgan fingerprint density at radius 3 is 3.05 bits per heavy atom. The maximum Gasteiger partial charge on any atom is 0.129 e. The Labute approximate surface area is 116 Å². The summed E-state index contributed by atoms with van der Waals surface area (Å²) in [6.45, 7) is 8.21. The number of ether oxygens (including phenoxy) is 1. The second kappa shape index (κ2) is 6.35. The summed E-state index contributed by atoms with van der Waals surface area (Å²) in [6.07, 6.45) is 3.26. The Bertz CT molecular complexity index is 410. The quantitative estimate of drug-likeness (QED) is 0.905. The van der Waals surface area contributed by atoms with Crippen LogP contribution in [0.25, 0.3) is 0 Å². The Morgan fingerprint density at radius 1 is 1.58 bits per heavy atom. The van der Waals surface area contributed by atoms with Gasteiger partial charge in [-0.05, 0) is 45.0 Å². The van der Waals surface area contributed by atoms with E-state index >= 15 is 0 Å². The molecule has 1 fully saturated rings. The number of nitrogens with zero attached hydrogens (tertiary/aromatic N) is 2. The summed E-state index contributed by atoms with van der Waals surface area (Å²) in [4.78, 5) is 6.94. The standard InChI is InChI=1S/C15H25N3O/c1-5-14-10-19-11(2)9-18(14)15-8-13(6-7-17-15)12(3)16-4/h6-8,11-12,14,16H,5,9-10H2,1-4H3. The van der Waals surface area contributed by atoms with Crippen LogP contribution in [0.15, 0.2) is 18.3 Å². The van der Waals surface area contributed by atoms with Gasteiger partial charge < -0.3 is 15.0 Å². The van der Waals surface area contributed by atoms with Crippen molar-refractivity contribution in [2.45, 2.75) is 45.4 Å². The smallest absolute Gasteiger partial charge is 0.129 e. The molecule has 1 N–H and O–H groups in total. The molecule has 1 aliphatic rings. The molecule has 1 aliphatic heterocycles. The number of hydrogen-bond donors (Lipinski definition) is 1. The molecule has 1 aromatic rings. The minimum absolute atomic E-state index is 0.273. The number of anilines is 1. The van der Waals surface area contributed by atoms with E-state index in [9.17, 15) is 0 Å². The van der Waals surface area contributed by atoms with Gasteiger partial charge in [0.2, 0.25) is 0 Å². The third-order valence-electron chi connectivity index (χ3n) is 3.94. The fourth-order valence-corrected chi connectivity index (χ4v) is 2.49. The lowest BCUT2D eigenvalue weighted by Crippen LogP contribution is -2.49. The van der Waals surface area contributed by atoms with Crippen molar-refractivity contribution in [1.82, 2.24) is 10.3 Å². The molecule has 106 valence electrons. The van der Waals surface area contributed by atoms with Crippen molar-refractivity contribution in [1.29, 1.82) is 0 Å². The van der Waals surface area contributed by atoms with Gasteiger partial charge in [-0.1, -0.05) is 6.92 Å². The first-order chi connectivity index (χ1) is 9.15. The second-order valence-electron chi connectivity index (χ2n) is 5.32. The van der Waals surface area contributed by atoms with Crippen LogP contribution in [0.5, 0.6) is 0 Å². The van der Waals surface area contributed by atoms with E-state index in [4.69, 9.17) is 4.74 Å². The summed E-state index contributed by atoms with van der Waals surface area (Å²) in [6, 6.07) is 5.06. The van der Waals surface area contributed by atoms with E-state index in [1.165, 1.54) is 5.56 Å². The van der Waals surface area contributed by atoms with Gasteiger partial charge in [0.05, 0.1) is 18.8 Å². The molecular formula is C15H25N3O. The predicted octanol–water partition coefficient (Wildman–Crippen LogP) is 2.37. The molecule has 0 bridgehead atoms. The van der Waals surface area contributed by atoms with Crippen molar-refractivity contribution >= 4 is 5.82 Å². The van der Waals surface area contributed by atoms with Crippen LogP contribution in [-0.2, 0) is 4.74 Å². The summed E-state index contributed by atoms with van der Waals surface area (Å²) >= 11 is 0. The Kier molecular flexibility index (Phi) is 4.77. The number of aromatic nitrogens is 1. The monoisotopic (exact) mass is 263 g/mol. The Balaban J connectivity index is 2.23. The summed E-state index contributed by atoms with van der Waals surface area (Å²) in [5.74, 6) is 1.07. The molecular weight excluding hydrogens is 238 g/mol. The van der Waals surface area contributed by atoms with Crippen molar-refractivity contribution in [2.75, 3.05) is 25.1 Å². The molecule has 0 aliphatic carbocycles. The molecule has 0 spiro atoms. The minimum Gasteiger partial charge on any atom is -0.375 e. The van der Waals surface area contributed by atoms with Crippen LogP contribution in [0.4, 0.5) is 5.82 Å². The molecule has 0 saturated carbocycles. The molecule has 3 unspecified atom stereocenters. The second-order valence-corrected chi connectivity index (χ2v) is 5.32. The molecule has 2 heterocycles. The SMILES string of the molecule is CCC1COC(C)CN1c1cc(C(C)NC)ccn1. The molecule has 19 heavy (non-hydrogen) atoms. The van der Waals surface area contributed by atoms with Crippen LogP contribution in [-0.4, -0.2) is 37.3 Å². The van der Waals surface area contributed by atoms with Crippen LogP contribution >= 0.6 is 0 Å². The fourth-order valence-electron chi connectivity index (χ4n) is 2.49.